The van der Waals surface area contributed by atoms with Crippen LogP contribution in [0.25, 0.3) is 0 Å². The summed E-state index contributed by atoms with van der Waals surface area (Å²) in [5, 5.41) is 10.7. The van der Waals surface area contributed by atoms with Gasteiger partial charge in [0.15, 0.2) is 0 Å². The third-order valence-corrected chi connectivity index (χ3v) is 3.74. The molecule has 0 saturated heterocycles. The summed E-state index contributed by atoms with van der Waals surface area (Å²) in [4.78, 5) is 25.3. The van der Waals surface area contributed by atoms with Gasteiger partial charge < -0.3 is 10.0 Å². The van der Waals surface area contributed by atoms with Gasteiger partial charge in [-0.1, -0.05) is 13.0 Å². The van der Waals surface area contributed by atoms with Gasteiger partial charge in [-0.15, -0.1) is 11.3 Å². The molecule has 1 rings (SSSR count). The Balaban J connectivity index is 2.61. The molecule has 0 radical (unpaired) electrons. The van der Waals surface area contributed by atoms with Crippen molar-refractivity contribution in [1.82, 2.24) is 4.90 Å². The molecule has 4 nitrogen and oxygen atoms in total. The first-order valence-corrected chi connectivity index (χ1v) is 6.32. The van der Waals surface area contributed by atoms with Crippen LogP contribution in [-0.2, 0) is 9.59 Å². The van der Waals surface area contributed by atoms with Gasteiger partial charge in [-0.05, 0) is 18.4 Å². The molecular weight excluding hydrogens is 238 g/mol. The van der Waals surface area contributed by atoms with Crippen molar-refractivity contribution in [2.24, 2.45) is 5.92 Å². The third-order valence-electron chi connectivity index (χ3n) is 2.69. The monoisotopic (exact) mass is 255 g/mol. The fourth-order valence-corrected chi connectivity index (χ4v) is 2.35. The predicted octanol–water partition coefficient (Wildman–Crippen LogP) is 2.03. The standard InChI is InChI=1S/C12H17NO3S/c1-8(12(15)16)7-13(3)11(14)9(2)10-5-4-6-17-10/h4-6,8-9H,7H2,1-3H3,(H,15,16). The molecule has 0 aliphatic carbocycles. The topological polar surface area (TPSA) is 57.6 Å². The Morgan fingerprint density at radius 3 is 2.59 bits per heavy atom. The van der Waals surface area contributed by atoms with Crippen LogP contribution < -0.4 is 0 Å². The van der Waals surface area contributed by atoms with Crippen LogP contribution in [0.5, 0.6) is 0 Å². The molecule has 0 spiro atoms. The van der Waals surface area contributed by atoms with Gasteiger partial charge in [0.1, 0.15) is 0 Å². The summed E-state index contributed by atoms with van der Waals surface area (Å²) in [7, 11) is 1.64. The van der Waals surface area contributed by atoms with Crippen LogP contribution >= 0.6 is 11.3 Å². The van der Waals surface area contributed by atoms with E-state index in [0.29, 0.717) is 0 Å². The lowest BCUT2D eigenvalue weighted by molar-refractivity contribution is -0.142. The molecule has 1 aromatic rings. The Morgan fingerprint density at radius 1 is 1.47 bits per heavy atom. The molecule has 2 unspecified atom stereocenters. The van der Waals surface area contributed by atoms with Crippen LogP contribution in [-0.4, -0.2) is 35.5 Å². The second-order valence-corrected chi connectivity index (χ2v) is 5.17. The molecule has 17 heavy (non-hydrogen) atoms. The first-order valence-electron chi connectivity index (χ1n) is 5.44. The lowest BCUT2D eigenvalue weighted by Gasteiger charge is -2.22. The lowest BCUT2D eigenvalue weighted by Crippen LogP contribution is -2.35. The van der Waals surface area contributed by atoms with Gasteiger partial charge >= 0.3 is 5.97 Å². The van der Waals surface area contributed by atoms with Crippen LogP contribution in [0.1, 0.15) is 24.6 Å². The quantitative estimate of drug-likeness (QED) is 0.875. The number of carboxylic acid groups (broad SMARTS) is 1. The Labute approximate surface area is 105 Å². The van der Waals surface area contributed by atoms with E-state index in [1.165, 1.54) is 16.2 Å². The Kier molecular flexibility index (Phi) is 4.69. The molecule has 1 N–H and O–H groups in total. The minimum atomic E-state index is -0.881. The second-order valence-electron chi connectivity index (χ2n) is 4.20. The molecule has 2 atom stereocenters. The average molecular weight is 255 g/mol. The molecule has 94 valence electrons. The molecule has 1 heterocycles. The molecule has 0 saturated carbocycles. The molecule has 0 aromatic carbocycles. The molecular formula is C12H17NO3S. The van der Waals surface area contributed by atoms with Gasteiger partial charge in [0, 0.05) is 18.5 Å². The summed E-state index contributed by atoms with van der Waals surface area (Å²) in [6, 6.07) is 3.82. The lowest BCUT2D eigenvalue weighted by atomic mass is 10.1. The maximum Gasteiger partial charge on any atom is 0.308 e. The minimum Gasteiger partial charge on any atom is -0.481 e. The van der Waals surface area contributed by atoms with E-state index in [1.54, 1.807) is 14.0 Å². The van der Waals surface area contributed by atoms with Crippen LogP contribution in [0.4, 0.5) is 0 Å². The van der Waals surface area contributed by atoms with E-state index in [0.717, 1.165) is 4.88 Å². The van der Waals surface area contributed by atoms with E-state index in [2.05, 4.69) is 0 Å². The zero-order valence-corrected chi connectivity index (χ0v) is 11.0. The smallest absolute Gasteiger partial charge is 0.308 e. The first kappa shape index (κ1) is 13.7. The number of likely N-dealkylation sites (N-methyl/N-ethyl adjacent to an activating group) is 1. The number of rotatable bonds is 5. The Hall–Kier alpha value is -1.36. The number of carbonyl (C=O) groups is 2. The van der Waals surface area contributed by atoms with Crippen LogP contribution in [0.3, 0.4) is 0 Å². The number of thiophene rings is 1. The molecule has 5 heteroatoms. The van der Waals surface area contributed by atoms with Crippen molar-refractivity contribution in [1.29, 1.82) is 0 Å². The highest BCUT2D eigenvalue weighted by Crippen LogP contribution is 2.22. The van der Waals surface area contributed by atoms with Crippen molar-refractivity contribution in [3.8, 4) is 0 Å². The highest BCUT2D eigenvalue weighted by Gasteiger charge is 2.23. The number of carbonyl (C=O) groups excluding carboxylic acids is 1. The third kappa shape index (κ3) is 3.56. The van der Waals surface area contributed by atoms with Crippen molar-refractivity contribution in [2.45, 2.75) is 19.8 Å². The van der Waals surface area contributed by atoms with Crippen LogP contribution in [0.15, 0.2) is 17.5 Å². The number of carboxylic acids is 1. The van der Waals surface area contributed by atoms with Crippen molar-refractivity contribution in [3.63, 3.8) is 0 Å². The molecule has 0 fully saturated rings. The SMILES string of the molecule is CC(CN(C)C(=O)C(C)c1cccs1)C(=O)O. The van der Waals surface area contributed by atoms with E-state index in [1.807, 2.05) is 24.4 Å². The Bertz CT molecular complexity index is 388. The molecule has 1 amide bonds. The van der Waals surface area contributed by atoms with Crippen LogP contribution in [0.2, 0.25) is 0 Å². The fraction of sp³-hybridized carbons (Fsp3) is 0.500. The molecule has 1 aromatic heterocycles. The van der Waals surface area contributed by atoms with E-state index in [4.69, 9.17) is 5.11 Å². The number of hydrogen-bond acceptors (Lipinski definition) is 3. The number of aliphatic carboxylic acids is 1. The highest BCUT2D eigenvalue weighted by molar-refractivity contribution is 7.10. The zero-order valence-electron chi connectivity index (χ0n) is 10.2. The van der Waals surface area contributed by atoms with Gasteiger partial charge in [-0.3, -0.25) is 9.59 Å². The second kappa shape index (κ2) is 5.82. The van der Waals surface area contributed by atoms with E-state index >= 15 is 0 Å². The predicted molar refractivity (Wildman–Crippen MR) is 67.2 cm³/mol. The van der Waals surface area contributed by atoms with E-state index in [9.17, 15) is 9.59 Å². The number of nitrogens with zero attached hydrogens (tertiary/aromatic N) is 1. The highest BCUT2D eigenvalue weighted by atomic mass is 32.1. The van der Waals surface area contributed by atoms with Crippen molar-refractivity contribution >= 4 is 23.2 Å². The maximum atomic E-state index is 12.0. The van der Waals surface area contributed by atoms with Gasteiger partial charge in [0.05, 0.1) is 11.8 Å². The van der Waals surface area contributed by atoms with Crippen LogP contribution in [0, 0.1) is 5.92 Å². The van der Waals surface area contributed by atoms with Crippen molar-refractivity contribution in [3.05, 3.63) is 22.4 Å². The largest absolute Gasteiger partial charge is 0.481 e. The van der Waals surface area contributed by atoms with E-state index < -0.39 is 11.9 Å². The van der Waals surface area contributed by atoms with Gasteiger partial charge in [-0.2, -0.15) is 0 Å². The number of hydrogen-bond donors (Lipinski definition) is 1. The maximum absolute atomic E-state index is 12.0. The Morgan fingerprint density at radius 2 is 2.12 bits per heavy atom. The summed E-state index contributed by atoms with van der Waals surface area (Å²) >= 11 is 1.54. The molecule has 0 aliphatic rings. The summed E-state index contributed by atoms with van der Waals surface area (Å²) in [5.74, 6) is -1.67. The molecule has 0 bridgehead atoms. The normalized spacial score (nSPS) is 14.1. The number of amides is 1. The first-order chi connectivity index (χ1) is 7.93. The van der Waals surface area contributed by atoms with Gasteiger partial charge in [-0.25, -0.2) is 0 Å². The van der Waals surface area contributed by atoms with Gasteiger partial charge in [0.2, 0.25) is 5.91 Å². The van der Waals surface area contributed by atoms with Gasteiger partial charge in [0.25, 0.3) is 0 Å². The minimum absolute atomic E-state index is 0.0412. The van der Waals surface area contributed by atoms with E-state index in [-0.39, 0.29) is 18.4 Å². The molecule has 0 aliphatic heterocycles. The van der Waals surface area contributed by atoms with Crippen molar-refractivity contribution < 1.29 is 14.7 Å². The summed E-state index contributed by atoms with van der Waals surface area (Å²) in [5.41, 5.74) is 0. The summed E-state index contributed by atoms with van der Waals surface area (Å²) in [6.07, 6.45) is 0. The fourth-order valence-electron chi connectivity index (χ4n) is 1.57. The summed E-state index contributed by atoms with van der Waals surface area (Å²) in [6.45, 7) is 3.68. The van der Waals surface area contributed by atoms with Crippen molar-refractivity contribution in [2.75, 3.05) is 13.6 Å². The zero-order chi connectivity index (χ0) is 13.0. The summed E-state index contributed by atoms with van der Waals surface area (Å²) < 4.78 is 0. The average Bonchev–Trinajstić information content (AvgIpc) is 2.80.